The molecule has 0 radical (unpaired) electrons. The highest BCUT2D eigenvalue weighted by Gasteiger charge is 2.24. The number of aryl methyl sites for hydroxylation is 1. The van der Waals surface area contributed by atoms with Gasteiger partial charge in [0, 0.05) is 44.3 Å². The molecule has 1 amide bonds. The highest BCUT2D eigenvalue weighted by Crippen LogP contribution is 2.16. The molecule has 1 aliphatic heterocycles. The third kappa shape index (κ3) is 4.27. The maximum atomic E-state index is 12.8. The molecule has 1 saturated heterocycles. The van der Waals surface area contributed by atoms with Crippen molar-refractivity contribution in [2.75, 3.05) is 31.1 Å². The van der Waals surface area contributed by atoms with Crippen molar-refractivity contribution in [2.45, 2.75) is 18.4 Å². The normalized spacial score (nSPS) is 14.6. The minimum atomic E-state index is -4.01. The molecule has 1 fully saturated rings. The second-order valence-electron chi connectivity index (χ2n) is 7.53. The standard InChI is InChI=1S/C22H24N4O4S/c1-18-7-9-20(10-8-18)31(29,30)26-16-15-25(22(26)28)17-21(27)24-13-11-23(12-14-24)19-5-3-2-4-6-19/h2-10,15-16H,11-14,17H2,1H3. The molecule has 1 aliphatic rings. The Bertz CT molecular complexity index is 1220. The molecule has 0 N–H and O–H groups in total. The van der Waals surface area contributed by atoms with Gasteiger partial charge in [-0.15, -0.1) is 0 Å². The molecule has 4 rings (SSSR count). The van der Waals surface area contributed by atoms with Crippen LogP contribution in [0.3, 0.4) is 0 Å². The zero-order chi connectivity index (χ0) is 22.0. The molecule has 162 valence electrons. The zero-order valence-electron chi connectivity index (χ0n) is 17.2. The van der Waals surface area contributed by atoms with Crippen LogP contribution in [0.15, 0.2) is 76.7 Å². The Balaban J connectivity index is 1.44. The predicted octanol–water partition coefficient (Wildman–Crippen LogP) is 1.54. The lowest BCUT2D eigenvalue weighted by molar-refractivity contribution is -0.132. The fraction of sp³-hybridized carbons (Fsp3) is 0.273. The van der Waals surface area contributed by atoms with E-state index in [1.54, 1.807) is 17.0 Å². The smallest absolute Gasteiger partial charge is 0.342 e. The minimum Gasteiger partial charge on any atom is -0.368 e. The number of carbonyl (C=O) groups is 1. The van der Waals surface area contributed by atoms with Gasteiger partial charge in [0.15, 0.2) is 0 Å². The van der Waals surface area contributed by atoms with Crippen molar-refractivity contribution >= 4 is 21.6 Å². The van der Waals surface area contributed by atoms with Gasteiger partial charge in [0.2, 0.25) is 5.91 Å². The van der Waals surface area contributed by atoms with Crippen molar-refractivity contribution in [2.24, 2.45) is 0 Å². The predicted molar refractivity (Wildman–Crippen MR) is 118 cm³/mol. The molecular weight excluding hydrogens is 416 g/mol. The van der Waals surface area contributed by atoms with Gasteiger partial charge in [-0.2, -0.15) is 3.97 Å². The maximum Gasteiger partial charge on any atom is 0.342 e. The topological polar surface area (TPSA) is 84.6 Å². The number of hydrogen-bond donors (Lipinski definition) is 0. The Morgan fingerprint density at radius 1 is 0.903 bits per heavy atom. The Morgan fingerprint density at radius 3 is 2.19 bits per heavy atom. The van der Waals surface area contributed by atoms with Crippen LogP contribution in [-0.4, -0.2) is 53.9 Å². The van der Waals surface area contributed by atoms with Gasteiger partial charge in [-0.25, -0.2) is 13.2 Å². The van der Waals surface area contributed by atoms with Crippen LogP contribution in [0.4, 0.5) is 5.69 Å². The highest BCUT2D eigenvalue weighted by molar-refractivity contribution is 7.90. The van der Waals surface area contributed by atoms with Crippen molar-refractivity contribution in [1.29, 1.82) is 0 Å². The van der Waals surface area contributed by atoms with Gasteiger partial charge in [-0.3, -0.25) is 9.36 Å². The Labute approximate surface area is 181 Å². The summed E-state index contributed by atoms with van der Waals surface area (Å²) in [5, 5.41) is 0. The maximum absolute atomic E-state index is 12.8. The summed E-state index contributed by atoms with van der Waals surface area (Å²) in [5.74, 6) is -0.208. The van der Waals surface area contributed by atoms with E-state index in [4.69, 9.17) is 0 Å². The van der Waals surface area contributed by atoms with E-state index in [1.807, 2.05) is 37.3 Å². The molecule has 0 aliphatic carbocycles. The molecule has 31 heavy (non-hydrogen) atoms. The second kappa shape index (κ2) is 8.43. The Kier molecular flexibility index (Phi) is 5.69. The van der Waals surface area contributed by atoms with Gasteiger partial charge in [0.25, 0.3) is 10.0 Å². The molecule has 9 heteroatoms. The van der Waals surface area contributed by atoms with Crippen LogP contribution >= 0.6 is 0 Å². The first-order valence-corrected chi connectivity index (χ1v) is 11.5. The largest absolute Gasteiger partial charge is 0.368 e. The third-order valence-corrected chi connectivity index (χ3v) is 7.12. The van der Waals surface area contributed by atoms with E-state index in [0.717, 1.165) is 15.8 Å². The molecule has 0 spiro atoms. The SMILES string of the molecule is Cc1ccc(S(=O)(=O)n2ccn(CC(=O)N3CCN(c4ccccc4)CC3)c2=O)cc1. The molecule has 3 aromatic rings. The molecular formula is C22H24N4O4S. The van der Waals surface area contributed by atoms with E-state index < -0.39 is 15.7 Å². The molecule has 2 heterocycles. The van der Waals surface area contributed by atoms with Gasteiger partial charge >= 0.3 is 5.69 Å². The van der Waals surface area contributed by atoms with Crippen molar-refractivity contribution in [3.05, 3.63) is 83.0 Å². The van der Waals surface area contributed by atoms with E-state index >= 15 is 0 Å². The lowest BCUT2D eigenvalue weighted by Crippen LogP contribution is -2.50. The monoisotopic (exact) mass is 440 g/mol. The first-order chi connectivity index (χ1) is 14.9. The molecule has 0 unspecified atom stereocenters. The van der Waals surface area contributed by atoms with E-state index in [1.165, 1.54) is 24.5 Å². The first-order valence-electron chi connectivity index (χ1n) is 10.0. The molecule has 2 aromatic carbocycles. The molecule has 1 aromatic heterocycles. The Morgan fingerprint density at radius 2 is 1.55 bits per heavy atom. The van der Waals surface area contributed by atoms with E-state index in [2.05, 4.69) is 4.90 Å². The van der Waals surface area contributed by atoms with Crippen LogP contribution in [0.5, 0.6) is 0 Å². The number of hydrogen-bond acceptors (Lipinski definition) is 5. The minimum absolute atomic E-state index is 0.0290. The van der Waals surface area contributed by atoms with Gasteiger partial charge in [-0.05, 0) is 31.2 Å². The number of aromatic nitrogens is 2. The number of imidazole rings is 1. The van der Waals surface area contributed by atoms with Crippen LogP contribution in [0.2, 0.25) is 0 Å². The van der Waals surface area contributed by atoms with Crippen LogP contribution in [0.1, 0.15) is 5.56 Å². The zero-order valence-corrected chi connectivity index (χ0v) is 18.0. The lowest BCUT2D eigenvalue weighted by Gasteiger charge is -2.36. The van der Waals surface area contributed by atoms with E-state index in [0.29, 0.717) is 30.2 Å². The summed E-state index contributed by atoms with van der Waals surface area (Å²) in [7, 11) is -4.01. The number of carbonyl (C=O) groups excluding carboxylic acids is 1. The Hall–Kier alpha value is -3.33. The first kappa shape index (κ1) is 20.9. The van der Waals surface area contributed by atoms with Crippen LogP contribution < -0.4 is 10.6 Å². The summed E-state index contributed by atoms with van der Waals surface area (Å²) < 4.78 is 27.4. The summed E-state index contributed by atoms with van der Waals surface area (Å²) in [6, 6.07) is 16.3. The second-order valence-corrected chi connectivity index (χ2v) is 9.34. The fourth-order valence-corrected chi connectivity index (χ4v) is 4.85. The fourth-order valence-electron chi connectivity index (χ4n) is 3.62. The van der Waals surface area contributed by atoms with Gasteiger partial charge in [0.05, 0.1) is 4.90 Å². The van der Waals surface area contributed by atoms with Crippen molar-refractivity contribution in [1.82, 2.24) is 13.4 Å². The van der Waals surface area contributed by atoms with Crippen LogP contribution in [0.25, 0.3) is 0 Å². The average molecular weight is 441 g/mol. The number of para-hydroxylation sites is 1. The average Bonchev–Trinajstić information content (AvgIpc) is 3.15. The number of nitrogens with zero attached hydrogens (tertiary/aromatic N) is 4. The number of piperazine rings is 1. The number of anilines is 1. The van der Waals surface area contributed by atoms with Gasteiger partial charge < -0.3 is 9.80 Å². The van der Waals surface area contributed by atoms with Gasteiger partial charge in [-0.1, -0.05) is 35.9 Å². The summed E-state index contributed by atoms with van der Waals surface area (Å²) in [6.45, 7) is 4.15. The van der Waals surface area contributed by atoms with Crippen molar-refractivity contribution in [3.8, 4) is 0 Å². The van der Waals surface area contributed by atoms with Gasteiger partial charge in [0.1, 0.15) is 6.54 Å². The highest BCUT2D eigenvalue weighted by atomic mass is 32.2. The van der Waals surface area contributed by atoms with Crippen LogP contribution in [0, 0.1) is 6.92 Å². The summed E-state index contributed by atoms with van der Waals surface area (Å²) in [4.78, 5) is 29.3. The molecule has 0 bridgehead atoms. The van der Waals surface area contributed by atoms with E-state index in [9.17, 15) is 18.0 Å². The van der Waals surface area contributed by atoms with E-state index in [-0.39, 0.29) is 17.3 Å². The lowest BCUT2D eigenvalue weighted by atomic mass is 10.2. The number of rotatable bonds is 5. The quantitative estimate of drug-likeness (QED) is 0.601. The summed E-state index contributed by atoms with van der Waals surface area (Å²) >= 11 is 0. The summed E-state index contributed by atoms with van der Waals surface area (Å²) in [6.07, 6.45) is 2.53. The number of benzene rings is 2. The molecule has 0 atom stereocenters. The number of amides is 1. The van der Waals surface area contributed by atoms with Crippen molar-refractivity contribution in [3.63, 3.8) is 0 Å². The molecule has 0 saturated carbocycles. The van der Waals surface area contributed by atoms with Crippen LogP contribution in [-0.2, 0) is 21.4 Å². The van der Waals surface area contributed by atoms with Crippen molar-refractivity contribution < 1.29 is 13.2 Å². The third-order valence-electron chi connectivity index (χ3n) is 5.45. The summed E-state index contributed by atoms with van der Waals surface area (Å²) in [5.41, 5.74) is 1.28. The molecule has 8 nitrogen and oxygen atoms in total.